The summed E-state index contributed by atoms with van der Waals surface area (Å²) in [5.41, 5.74) is -0.0276. The fourth-order valence-electron chi connectivity index (χ4n) is 1.76. The third kappa shape index (κ3) is 2.40. The van der Waals surface area contributed by atoms with Gasteiger partial charge in [0.15, 0.2) is 4.90 Å². The molecule has 0 atom stereocenters. The minimum atomic E-state index is -4.49. The zero-order valence-corrected chi connectivity index (χ0v) is 11.2. The highest BCUT2D eigenvalue weighted by atomic mass is 35.5. The SMILES string of the molecule is CCn1cc(S(=O)(=O)O)c(=O)c2ccccc21.Cl. The van der Waals surface area contributed by atoms with Crippen LogP contribution in [0.3, 0.4) is 0 Å². The predicted molar refractivity (Wildman–Crippen MR) is 70.9 cm³/mol. The number of aryl methyl sites for hydroxylation is 1. The molecule has 0 unspecified atom stereocenters. The van der Waals surface area contributed by atoms with Crippen molar-refractivity contribution in [3.05, 3.63) is 40.7 Å². The summed E-state index contributed by atoms with van der Waals surface area (Å²) < 4.78 is 32.8. The van der Waals surface area contributed by atoms with Gasteiger partial charge in [0.25, 0.3) is 10.1 Å². The second kappa shape index (κ2) is 5.09. The first-order valence-electron chi connectivity index (χ1n) is 5.05. The Morgan fingerprint density at radius 1 is 1.28 bits per heavy atom. The molecule has 0 bridgehead atoms. The van der Waals surface area contributed by atoms with Crippen molar-refractivity contribution in [2.24, 2.45) is 0 Å². The van der Waals surface area contributed by atoms with Crippen LogP contribution in [0.1, 0.15) is 6.92 Å². The van der Waals surface area contributed by atoms with Gasteiger partial charge in [-0.3, -0.25) is 9.35 Å². The Labute approximate surface area is 110 Å². The van der Waals surface area contributed by atoms with Gasteiger partial charge in [-0.2, -0.15) is 8.42 Å². The quantitative estimate of drug-likeness (QED) is 0.854. The van der Waals surface area contributed by atoms with Gasteiger partial charge in [-0.15, -0.1) is 12.4 Å². The second-order valence-corrected chi connectivity index (χ2v) is 4.99. The lowest BCUT2D eigenvalue weighted by molar-refractivity contribution is 0.481. The van der Waals surface area contributed by atoms with Gasteiger partial charge < -0.3 is 4.57 Å². The smallest absolute Gasteiger partial charge is 0.299 e. The van der Waals surface area contributed by atoms with E-state index >= 15 is 0 Å². The molecule has 0 aliphatic rings. The van der Waals surface area contributed by atoms with Crippen LogP contribution in [0.15, 0.2) is 40.2 Å². The summed E-state index contributed by atoms with van der Waals surface area (Å²) in [4.78, 5) is 11.3. The Bertz CT molecular complexity index is 736. The fraction of sp³-hybridized carbons (Fsp3) is 0.182. The van der Waals surface area contributed by atoms with Crippen molar-refractivity contribution in [2.75, 3.05) is 0 Å². The Kier molecular flexibility index (Phi) is 4.16. The van der Waals surface area contributed by atoms with Gasteiger partial charge in [-0.25, -0.2) is 0 Å². The normalized spacial score (nSPS) is 11.2. The number of hydrogen-bond acceptors (Lipinski definition) is 3. The van der Waals surface area contributed by atoms with Crippen LogP contribution >= 0.6 is 12.4 Å². The predicted octanol–water partition coefficient (Wildman–Crippen LogP) is 1.69. The lowest BCUT2D eigenvalue weighted by Gasteiger charge is -2.09. The van der Waals surface area contributed by atoms with E-state index in [1.807, 2.05) is 6.92 Å². The van der Waals surface area contributed by atoms with E-state index in [0.717, 1.165) is 0 Å². The molecular formula is C11H12ClNO4S. The van der Waals surface area contributed by atoms with Gasteiger partial charge in [-0.1, -0.05) is 12.1 Å². The molecule has 0 fully saturated rings. The molecule has 0 aliphatic carbocycles. The summed E-state index contributed by atoms with van der Waals surface area (Å²) in [7, 11) is -4.49. The number of fused-ring (bicyclic) bond motifs is 1. The van der Waals surface area contributed by atoms with E-state index in [2.05, 4.69) is 0 Å². The van der Waals surface area contributed by atoms with Crippen molar-refractivity contribution >= 4 is 33.4 Å². The summed E-state index contributed by atoms with van der Waals surface area (Å²) in [5.74, 6) is 0. The molecule has 18 heavy (non-hydrogen) atoms. The van der Waals surface area contributed by atoms with Crippen LogP contribution in [0.5, 0.6) is 0 Å². The van der Waals surface area contributed by atoms with E-state index in [1.54, 1.807) is 28.8 Å². The Morgan fingerprint density at radius 3 is 2.44 bits per heavy atom. The van der Waals surface area contributed by atoms with Gasteiger partial charge in [0.2, 0.25) is 5.43 Å². The maximum atomic E-state index is 11.9. The third-order valence-electron chi connectivity index (χ3n) is 2.57. The molecule has 7 heteroatoms. The molecule has 0 amide bonds. The van der Waals surface area contributed by atoms with Crippen molar-refractivity contribution in [1.29, 1.82) is 0 Å². The summed E-state index contributed by atoms with van der Waals surface area (Å²) in [6.45, 7) is 2.33. The van der Waals surface area contributed by atoms with Gasteiger partial charge in [-0.05, 0) is 19.1 Å². The van der Waals surface area contributed by atoms with E-state index in [0.29, 0.717) is 12.1 Å². The number of aromatic nitrogens is 1. The lowest BCUT2D eigenvalue weighted by atomic mass is 10.2. The first-order valence-corrected chi connectivity index (χ1v) is 6.49. The number of pyridine rings is 1. The Morgan fingerprint density at radius 2 is 1.89 bits per heavy atom. The zero-order chi connectivity index (χ0) is 12.6. The highest BCUT2D eigenvalue weighted by molar-refractivity contribution is 7.85. The van der Waals surface area contributed by atoms with Crippen molar-refractivity contribution < 1.29 is 13.0 Å². The van der Waals surface area contributed by atoms with E-state index in [1.165, 1.54) is 6.20 Å². The molecule has 1 aromatic carbocycles. The topological polar surface area (TPSA) is 76.4 Å². The fourth-order valence-corrected chi connectivity index (χ4v) is 2.37. The molecular weight excluding hydrogens is 278 g/mol. The van der Waals surface area contributed by atoms with Gasteiger partial charge in [0.05, 0.1) is 5.52 Å². The van der Waals surface area contributed by atoms with Crippen molar-refractivity contribution in [3.8, 4) is 0 Å². The number of para-hydroxylation sites is 1. The monoisotopic (exact) mass is 289 g/mol. The average molecular weight is 290 g/mol. The van der Waals surface area contributed by atoms with E-state index in [4.69, 9.17) is 4.55 Å². The van der Waals surface area contributed by atoms with Crippen LogP contribution in [0.25, 0.3) is 10.9 Å². The number of benzene rings is 1. The highest BCUT2D eigenvalue weighted by Gasteiger charge is 2.17. The first-order chi connectivity index (χ1) is 7.95. The largest absolute Gasteiger partial charge is 0.346 e. The zero-order valence-electron chi connectivity index (χ0n) is 9.53. The molecule has 0 saturated carbocycles. The molecule has 0 radical (unpaired) electrons. The summed E-state index contributed by atoms with van der Waals surface area (Å²) in [6.07, 6.45) is 1.17. The van der Waals surface area contributed by atoms with Crippen molar-refractivity contribution in [3.63, 3.8) is 0 Å². The van der Waals surface area contributed by atoms with Crippen LogP contribution in [0.4, 0.5) is 0 Å². The molecule has 0 spiro atoms. The number of hydrogen-bond donors (Lipinski definition) is 1. The van der Waals surface area contributed by atoms with Gasteiger partial charge >= 0.3 is 0 Å². The number of halogens is 1. The molecule has 1 N–H and O–H groups in total. The van der Waals surface area contributed by atoms with Crippen LogP contribution < -0.4 is 5.43 Å². The van der Waals surface area contributed by atoms with Crippen molar-refractivity contribution in [2.45, 2.75) is 18.4 Å². The van der Waals surface area contributed by atoms with Crippen molar-refractivity contribution in [1.82, 2.24) is 4.57 Å². The van der Waals surface area contributed by atoms with E-state index in [9.17, 15) is 13.2 Å². The standard InChI is InChI=1S/C11H11NO4S.ClH/c1-2-12-7-10(17(14,15)16)11(13)8-5-3-4-6-9(8)12;/h3-7H,2H2,1H3,(H,14,15,16);1H. The minimum Gasteiger partial charge on any atom is -0.346 e. The Hall–Kier alpha value is -1.37. The van der Waals surface area contributed by atoms with E-state index < -0.39 is 20.4 Å². The first kappa shape index (κ1) is 14.7. The molecule has 2 rings (SSSR count). The number of rotatable bonds is 2. The average Bonchev–Trinajstić information content (AvgIpc) is 2.28. The second-order valence-electron chi connectivity index (χ2n) is 3.60. The molecule has 98 valence electrons. The van der Waals surface area contributed by atoms with Crippen LogP contribution in [-0.4, -0.2) is 17.5 Å². The minimum absolute atomic E-state index is 0. The number of nitrogens with zero attached hydrogens (tertiary/aromatic N) is 1. The molecule has 5 nitrogen and oxygen atoms in total. The van der Waals surface area contributed by atoms with Crippen LogP contribution in [-0.2, 0) is 16.7 Å². The van der Waals surface area contributed by atoms with Gasteiger partial charge in [0.1, 0.15) is 0 Å². The molecule has 1 heterocycles. The third-order valence-corrected chi connectivity index (χ3v) is 3.42. The maximum absolute atomic E-state index is 11.9. The molecule has 2 aromatic rings. The van der Waals surface area contributed by atoms with Crippen LogP contribution in [0.2, 0.25) is 0 Å². The molecule has 0 aliphatic heterocycles. The Balaban J connectivity index is 0.00000162. The summed E-state index contributed by atoms with van der Waals surface area (Å²) in [6, 6.07) is 6.69. The lowest BCUT2D eigenvalue weighted by Crippen LogP contribution is -2.18. The molecule has 1 aromatic heterocycles. The summed E-state index contributed by atoms with van der Waals surface area (Å²) >= 11 is 0. The summed E-state index contributed by atoms with van der Waals surface area (Å²) in [5, 5.41) is 0.282. The molecule has 0 saturated heterocycles. The van der Waals surface area contributed by atoms with E-state index in [-0.39, 0.29) is 17.8 Å². The van der Waals surface area contributed by atoms with Gasteiger partial charge in [0, 0.05) is 18.1 Å². The van der Waals surface area contributed by atoms with Crippen LogP contribution in [0, 0.1) is 0 Å². The maximum Gasteiger partial charge on any atom is 0.299 e. The highest BCUT2D eigenvalue weighted by Crippen LogP contribution is 2.13.